The van der Waals surface area contributed by atoms with Crippen molar-refractivity contribution in [1.29, 1.82) is 0 Å². The van der Waals surface area contributed by atoms with Gasteiger partial charge in [-0.25, -0.2) is 0 Å². The number of aliphatic imine (C=N–C) groups is 1. The topological polar surface area (TPSA) is 44.6 Å². The first-order valence-electron chi connectivity index (χ1n) is 4.60. The first-order chi connectivity index (χ1) is 6.84. The molecule has 0 radical (unpaired) electrons. The average molecular weight is 188 g/mol. The third-order valence-corrected chi connectivity index (χ3v) is 2.03. The average Bonchev–Trinajstić information content (AvgIpc) is 2.70. The standard InChI is InChI=1S/C11H12N2O/c14-10-4-1-9(2-5-10)3-6-11-12-7-8-13-11/h1-6,14H,7-8H2,(H,12,13)/b6-3+. The fraction of sp³-hybridized carbons (Fsp3) is 0.182. The van der Waals surface area contributed by atoms with Crippen molar-refractivity contribution in [3.63, 3.8) is 0 Å². The Morgan fingerprint density at radius 2 is 2.00 bits per heavy atom. The highest BCUT2D eigenvalue weighted by Crippen LogP contribution is 2.10. The summed E-state index contributed by atoms with van der Waals surface area (Å²) in [6, 6.07) is 7.07. The molecule has 1 aliphatic heterocycles. The second-order valence-corrected chi connectivity index (χ2v) is 3.12. The SMILES string of the molecule is Oc1ccc(/C=C/C2=NCCN2)cc1. The van der Waals surface area contributed by atoms with Gasteiger partial charge in [-0.1, -0.05) is 18.2 Å². The van der Waals surface area contributed by atoms with Gasteiger partial charge >= 0.3 is 0 Å². The monoisotopic (exact) mass is 188 g/mol. The van der Waals surface area contributed by atoms with E-state index in [1.807, 2.05) is 24.3 Å². The van der Waals surface area contributed by atoms with Crippen LogP contribution in [0.2, 0.25) is 0 Å². The minimum Gasteiger partial charge on any atom is -0.508 e. The number of nitrogens with one attached hydrogen (secondary N) is 1. The molecule has 1 aromatic carbocycles. The van der Waals surface area contributed by atoms with Crippen LogP contribution in [0.1, 0.15) is 5.56 Å². The van der Waals surface area contributed by atoms with Gasteiger partial charge in [-0.05, 0) is 23.8 Å². The van der Waals surface area contributed by atoms with E-state index < -0.39 is 0 Å². The number of nitrogens with zero attached hydrogens (tertiary/aromatic N) is 1. The van der Waals surface area contributed by atoms with Crippen molar-refractivity contribution in [3.05, 3.63) is 35.9 Å². The third kappa shape index (κ3) is 2.13. The normalized spacial score (nSPS) is 15.6. The van der Waals surface area contributed by atoms with Crippen molar-refractivity contribution in [3.8, 4) is 5.75 Å². The maximum atomic E-state index is 9.08. The quantitative estimate of drug-likeness (QED) is 0.737. The molecule has 0 atom stereocenters. The van der Waals surface area contributed by atoms with Crippen molar-refractivity contribution in [2.75, 3.05) is 13.1 Å². The van der Waals surface area contributed by atoms with Gasteiger partial charge in [0.15, 0.2) is 0 Å². The Morgan fingerprint density at radius 3 is 2.64 bits per heavy atom. The minimum absolute atomic E-state index is 0.290. The lowest BCUT2D eigenvalue weighted by molar-refractivity contribution is 0.475. The van der Waals surface area contributed by atoms with Crippen LogP contribution in [0.5, 0.6) is 5.75 Å². The van der Waals surface area contributed by atoms with Crippen LogP contribution in [0.25, 0.3) is 6.08 Å². The maximum absolute atomic E-state index is 9.08. The van der Waals surface area contributed by atoms with Gasteiger partial charge < -0.3 is 10.4 Å². The molecule has 0 aromatic heterocycles. The Balaban J connectivity index is 2.06. The first kappa shape index (κ1) is 8.81. The van der Waals surface area contributed by atoms with Crippen LogP contribution in [-0.2, 0) is 0 Å². The molecule has 0 fully saturated rings. The summed E-state index contributed by atoms with van der Waals surface area (Å²) in [6.07, 6.45) is 3.91. The molecular formula is C11H12N2O. The number of amidine groups is 1. The molecule has 0 saturated heterocycles. The Morgan fingerprint density at radius 1 is 1.21 bits per heavy atom. The van der Waals surface area contributed by atoms with Crippen molar-refractivity contribution < 1.29 is 5.11 Å². The Labute approximate surface area is 82.8 Å². The predicted octanol–water partition coefficient (Wildman–Crippen LogP) is 1.41. The van der Waals surface area contributed by atoms with Crippen LogP contribution < -0.4 is 5.32 Å². The van der Waals surface area contributed by atoms with Gasteiger partial charge in [0.2, 0.25) is 0 Å². The number of hydrogen-bond donors (Lipinski definition) is 2. The second-order valence-electron chi connectivity index (χ2n) is 3.12. The zero-order chi connectivity index (χ0) is 9.80. The summed E-state index contributed by atoms with van der Waals surface area (Å²) in [5, 5.41) is 12.2. The van der Waals surface area contributed by atoms with Gasteiger partial charge in [0.05, 0.1) is 6.54 Å². The van der Waals surface area contributed by atoms with E-state index in [-0.39, 0.29) is 0 Å². The molecular weight excluding hydrogens is 176 g/mol. The Hall–Kier alpha value is -1.77. The van der Waals surface area contributed by atoms with E-state index in [9.17, 15) is 0 Å². The summed E-state index contributed by atoms with van der Waals surface area (Å²) >= 11 is 0. The summed E-state index contributed by atoms with van der Waals surface area (Å²) in [6.45, 7) is 1.78. The van der Waals surface area contributed by atoms with Crippen molar-refractivity contribution in [1.82, 2.24) is 5.32 Å². The van der Waals surface area contributed by atoms with E-state index in [1.165, 1.54) is 0 Å². The molecule has 1 aliphatic rings. The molecule has 0 spiro atoms. The molecule has 2 rings (SSSR count). The van der Waals surface area contributed by atoms with Crippen LogP contribution in [0.4, 0.5) is 0 Å². The van der Waals surface area contributed by atoms with Crippen LogP contribution in [0, 0.1) is 0 Å². The highest BCUT2D eigenvalue weighted by Gasteiger charge is 1.98. The third-order valence-electron chi connectivity index (χ3n) is 2.03. The van der Waals surface area contributed by atoms with Crippen LogP contribution in [-0.4, -0.2) is 24.0 Å². The van der Waals surface area contributed by atoms with E-state index in [4.69, 9.17) is 5.11 Å². The molecule has 2 N–H and O–H groups in total. The zero-order valence-corrected chi connectivity index (χ0v) is 7.77. The number of rotatable bonds is 2. The molecule has 1 aromatic rings. The summed E-state index contributed by atoms with van der Waals surface area (Å²) in [5.74, 6) is 1.22. The molecule has 0 saturated carbocycles. The number of phenolic OH excluding ortho intramolecular Hbond substituents is 1. The van der Waals surface area contributed by atoms with Gasteiger partial charge in [0, 0.05) is 6.54 Å². The maximum Gasteiger partial charge on any atom is 0.120 e. The van der Waals surface area contributed by atoms with Gasteiger partial charge in [-0.15, -0.1) is 0 Å². The molecule has 0 unspecified atom stereocenters. The number of phenols is 1. The van der Waals surface area contributed by atoms with Gasteiger partial charge in [0.1, 0.15) is 11.6 Å². The van der Waals surface area contributed by atoms with Gasteiger partial charge in [0.25, 0.3) is 0 Å². The van der Waals surface area contributed by atoms with Crippen LogP contribution in [0.3, 0.4) is 0 Å². The predicted molar refractivity (Wildman–Crippen MR) is 57.4 cm³/mol. The summed E-state index contributed by atoms with van der Waals surface area (Å²) in [7, 11) is 0. The molecule has 0 aliphatic carbocycles. The lowest BCUT2D eigenvalue weighted by Gasteiger charge is -1.95. The number of aromatic hydroxyl groups is 1. The van der Waals surface area contributed by atoms with Crippen molar-refractivity contribution in [2.45, 2.75) is 0 Å². The Kier molecular flexibility index (Phi) is 2.49. The lowest BCUT2D eigenvalue weighted by Crippen LogP contribution is -2.15. The van der Waals surface area contributed by atoms with Crippen molar-refractivity contribution >= 4 is 11.9 Å². The fourth-order valence-corrected chi connectivity index (χ4v) is 1.29. The van der Waals surface area contributed by atoms with E-state index in [0.717, 1.165) is 24.5 Å². The van der Waals surface area contributed by atoms with E-state index in [1.54, 1.807) is 12.1 Å². The zero-order valence-electron chi connectivity index (χ0n) is 7.77. The smallest absolute Gasteiger partial charge is 0.120 e. The number of hydrogen-bond acceptors (Lipinski definition) is 3. The molecule has 3 nitrogen and oxygen atoms in total. The summed E-state index contributed by atoms with van der Waals surface area (Å²) < 4.78 is 0. The highest BCUT2D eigenvalue weighted by molar-refractivity contribution is 5.97. The highest BCUT2D eigenvalue weighted by atomic mass is 16.3. The van der Waals surface area contributed by atoms with Crippen LogP contribution >= 0.6 is 0 Å². The number of benzene rings is 1. The molecule has 1 heterocycles. The minimum atomic E-state index is 0.290. The first-order valence-corrected chi connectivity index (χ1v) is 4.60. The molecule has 72 valence electrons. The van der Waals surface area contributed by atoms with E-state index in [2.05, 4.69) is 10.3 Å². The van der Waals surface area contributed by atoms with Crippen molar-refractivity contribution in [2.24, 2.45) is 4.99 Å². The lowest BCUT2D eigenvalue weighted by atomic mass is 10.2. The molecule has 0 amide bonds. The van der Waals surface area contributed by atoms with Crippen LogP contribution in [0.15, 0.2) is 35.3 Å². The van der Waals surface area contributed by atoms with Gasteiger partial charge in [-0.3, -0.25) is 4.99 Å². The molecule has 0 bridgehead atoms. The summed E-state index contributed by atoms with van der Waals surface area (Å²) in [5.41, 5.74) is 1.05. The second kappa shape index (κ2) is 3.96. The Bertz CT molecular complexity index is 365. The van der Waals surface area contributed by atoms with Gasteiger partial charge in [-0.2, -0.15) is 0 Å². The summed E-state index contributed by atoms with van der Waals surface area (Å²) in [4.78, 5) is 4.24. The molecule has 14 heavy (non-hydrogen) atoms. The van der Waals surface area contributed by atoms with E-state index >= 15 is 0 Å². The molecule has 3 heteroatoms. The van der Waals surface area contributed by atoms with E-state index in [0.29, 0.717) is 5.75 Å². The fourth-order valence-electron chi connectivity index (χ4n) is 1.29. The largest absolute Gasteiger partial charge is 0.508 e.